The Bertz CT molecular complexity index is 423. The van der Waals surface area contributed by atoms with E-state index in [2.05, 4.69) is 29.8 Å². The van der Waals surface area contributed by atoms with Crippen LogP contribution in [0.2, 0.25) is 5.02 Å². The highest BCUT2D eigenvalue weighted by molar-refractivity contribution is 9.09. The summed E-state index contributed by atoms with van der Waals surface area (Å²) >= 11 is 10.2. The van der Waals surface area contributed by atoms with E-state index in [-0.39, 0.29) is 4.83 Å². The zero-order valence-corrected chi connectivity index (χ0v) is 15.1. The van der Waals surface area contributed by atoms with Crippen LogP contribution in [0.25, 0.3) is 0 Å². The van der Waals surface area contributed by atoms with E-state index in [4.69, 9.17) is 21.1 Å². The Kier molecular flexibility index (Phi) is 7.75. The van der Waals surface area contributed by atoms with Gasteiger partial charge in [-0.1, -0.05) is 47.8 Å². The van der Waals surface area contributed by atoms with Crippen molar-refractivity contribution in [3.8, 4) is 11.5 Å². The van der Waals surface area contributed by atoms with Crippen LogP contribution >= 0.6 is 27.5 Å². The van der Waals surface area contributed by atoms with Crippen LogP contribution in [0, 0.1) is 5.92 Å². The van der Waals surface area contributed by atoms with E-state index in [0.717, 1.165) is 29.2 Å². The lowest BCUT2D eigenvalue weighted by Crippen LogP contribution is -2.06. The van der Waals surface area contributed by atoms with Crippen molar-refractivity contribution in [2.24, 2.45) is 5.92 Å². The number of benzene rings is 1. The molecule has 2 nitrogen and oxygen atoms in total. The monoisotopic (exact) mass is 362 g/mol. The molecule has 0 spiro atoms. The molecule has 2 atom stereocenters. The largest absolute Gasteiger partial charge is 0.490 e. The van der Waals surface area contributed by atoms with E-state index in [1.807, 2.05) is 26.0 Å². The molecule has 2 unspecified atom stereocenters. The summed E-state index contributed by atoms with van der Waals surface area (Å²) in [5.41, 5.74) is 1.07. The van der Waals surface area contributed by atoms with Gasteiger partial charge in [0.15, 0.2) is 11.5 Å². The molecule has 0 saturated heterocycles. The van der Waals surface area contributed by atoms with Gasteiger partial charge < -0.3 is 9.47 Å². The fourth-order valence-electron chi connectivity index (χ4n) is 2.21. The predicted molar refractivity (Wildman–Crippen MR) is 89.5 cm³/mol. The van der Waals surface area contributed by atoms with Crippen molar-refractivity contribution >= 4 is 27.5 Å². The van der Waals surface area contributed by atoms with Gasteiger partial charge in [-0.3, -0.25) is 0 Å². The zero-order chi connectivity index (χ0) is 15.1. The summed E-state index contributed by atoms with van der Waals surface area (Å²) in [6, 6.07) is 3.86. The van der Waals surface area contributed by atoms with Crippen LogP contribution in [0.5, 0.6) is 11.5 Å². The van der Waals surface area contributed by atoms with Crippen LogP contribution in [-0.2, 0) is 0 Å². The third kappa shape index (κ3) is 4.56. The summed E-state index contributed by atoms with van der Waals surface area (Å²) in [4.78, 5) is 0.227. The van der Waals surface area contributed by atoms with Gasteiger partial charge in [-0.2, -0.15) is 0 Å². The summed E-state index contributed by atoms with van der Waals surface area (Å²) in [6.07, 6.45) is 2.32. The van der Waals surface area contributed by atoms with E-state index in [1.165, 1.54) is 0 Å². The van der Waals surface area contributed by atoms with Crippen molar-refractivity contribution in [3.63, 3.8) is 0 Å². The van der Waals surface area contributed by atoms with Gasteiger partial charge in [0.1, 0.15) is 0 Å². The lowest BCUT2D eigenvalue weighted by atomic mass is 9.96. The molecule has 0 N–H and O–H groups in total. The van der Waals surface area contributed by atoms with E-state index in [9.17, 15) is 0 Å². The van der Waals surface area contributed by atoms with Crippen LogP contribution in [0.15, 0.2) is 12.1 Å². The van der Waals surface area contributed by atoms with Gasteiger partial charge in [0.2, 0.25) is 0 Å². The molecule has 1 aromatic carbocycles. The Morgan fingerprint density at radius 3 is 2.15 bits per heavy atom. The maximum atomic E-state index is 6.41. The second kappa shape index (κ2) is 8.78. The quantitative estimate of drug-likeness (QED) is 0.526. The second-order valence-electron chi connectivity index (χ2n) is 4.85. The van der Waals surface area contributed by atoms with Crippen LogP contribution in [0.3, 0.4) is 0 Å². The Balaban J connectivity index is 3.10. The molecular formula is C16H24BrClO2. The molecule has 0 radical (unpaired) electrons. The van der Waals surface area contributed by atoms with E-state index >= 15 is 0 Å². The Morgan fingerprint density at radius 2 is 1.65 bits per heavy atom. The molecule has 0 fully saturated rings. The second-order valence-corrected chi connectivity index (χ2v) is 6.25. The van der Waals surface area contributed by atoms with E-state index in [0.29, 0.717) is 24.9 Å². The average Bonchev–Trinajstić information content (AvgIpc) is 2.41. The van der Waals surface area contributed by atoms with Crippen molar-refractivity contribution in [2.45, 2.75) is 45.4 Å². The van der Waals surface area contributed by atoms with Gasteiger partial charge in [-0.05, 0) is 37.8 Å². The minimum atomic E-state index is 0.227. The number of hydrogen-bond acceptors (Lipinski definition) is 2. The van der Waals surface area contributed by atoms with Gasteiger partial charge in [0.25, 0.3) is 0 Å². The highest BCUT2D eigenvalue weighted by Gasteiger charge is 2.21. The molecule has 0 bridgehead atoms. The van der Waals surface area contributed by atoms with Crippen molar-refractivity contribution in [1.29, 1.82) is 0 Å². The average molecular weight is 364 g/mol. The number of ether oxygens (including phenoxy) is 2. The lowest BCUT2D eigenvalue weighted by molar-refractivity contribution is 0.287. The molecule has 114 valence electrons. The van der Waals surface area contributed by atoms with Crippen molar-refractivity contribution in [1.82, 2.24) is 0 Å². The standard InChI is InChI=1S/C16H24BrClO2/c1-5-8-11(4)16(17)12-9-14(19-6-2)15(20-7-3)10-13(12)18/h9-11,16H,5-8H2,1-4H3. The molecule has 0 heterocycles. The molecule has 0 aliphatic carbocycles. The van der Waals surface area contributed by atoms with Crippen LogP contribution < -0.4 is 9.47 Å². The third-order valence-corrected chi connectivity index (χ3v) is 4.93. The molecule has 0 aromatic heterocycles. The van der Waals surface area contributed by atoms with Gasteiger partial charge >= 0.3 is 0 Å². The molecule has 0 aliphatic heterocycles. The lowest BCUT2D eigenvalue weighted by Gasteiger charge is -2.21. The molecule has 1 aromatic rings. The van der Waals surface area contributed by atoms with Crippen LogP contribution in [0.4, 0.5) is 0 Å². The Morgan fingerprint density at radius 1 is 1.10 bits per heavy atom. The van der Waals surface area contributed by atoms with Crippen molar-refractivity contribution in [3.05, 3.63) is 22.7 Å². The fourth-order valence-corrected chi connectivity index (χ4v) is 3.25. The van der Waals surface area contributed by atoms with Crippen molar-refractivity contribution < 1.29 is 9.47 Å². The minimum absolute atomic E-state index is 0.227. The summed E-state index contributed by atoms with van der Waals surface area (Å²) < 4.78 is 11.3. The van der Waals surface area contributed by atoms with Crippen molar-refractivity contribution in [2.75, 3.05) is 13.2 Å². The highest BCUT2D eigenvalue weighted by atomic mass is 79.9. The number of hydrogen-bond donors (Lipinski definition) is 0. The zero-order valence-electron chi connectivity index (χ0n) is 12.7. The molecule has 0 aliphatic rings. The first kappa shape index (κ1) is 17.6. The third-order valence-electron chi connectivity index (χ3n) is 3.20. The SMILES string of the molecule is CCCC(C)C(Br)c1cc(OCC)c(OCC)cc1Cl. The smallest absolute Gasteiger partial charge is 0.162 e. The normalized spacial score (nSPS) is 13.9. The van der Waals surface area contributed by atoms with Gasteiger partial charge in [-0.15, -0.1) is 0 Å². The topological polar surface area (TPSA) is 18.5 Å². The maximum absolute atomic E-state index is 6.41. The van der Waals surface area contributed by atoms with Crippen LogP contribution in [0.1, 0.15) is 50.9 Å². The summed E-state index contributed by atoms with van der Waals surface area (Å²) in [6.45, 7) is 9.56. The summed E-state index contributed by atoms with van der Waals surface area (Å²) in [7, 11) is 0. The van der Waals surface area contributed by atoms with Gasteiger partial charge in [-0.25, -0.2) is 0 Å². The summed E-state index contributed by atoms with van der Waals surface area (Å²) in [5.74, 6) is 2.00. The fraction of sp³-hybridized carbons (Fsp3) is 0.625. The maximum Gasteiger partial charge on any atom is 0.162 e. The molecule has 0 amide bonds. The predicted octanol–water partition coefficient (Wildman–Crippen LogP) is 6.01. The van der Waals surface area contributed by atoms with E-state index in [1.54, 1.807) is 0 Å². The number of rotatable bonds is 8. The number of halogens is 2. The first-order chi connectivity index (χ1) is 9.54. The molecule has 1 rings (SSSR count). The van der Waals surface area contributed by atoms with Gasteiger partial charge in [0.05, 0.1) is 13.2 Å². The number of alkyl halides is 1. The Labute approximate surface area is 135 Å². The minimum Gasteiger partial charge on any atom is -0.490 e. The van der Waals surface area contributed by atoms with E-state index < -0.39 is 0 Å². The first-order valence-corrected chi connectivity index (χ1v) is 8.57. The molecule has 20 heavy (non-hydrogen) atoms. The summed E-state index contributed by atoms with van der Waals surface area (Å²) in [5, 5.41) is 0.724. The Hall–Kier alpha value is -0.410. The highest BCUT2D eigenvalue weighted by Crippen LogP contribution is 2.42. The molecule has 0 saturated carbocycles. The molecule has 4 heteroatoms. The molecular weight excluding hydrogens is 340 g/mol. The van der Waals surface area contributed by atoms with Crippen LogP contribution in [-0.4, -0.2) is 13.2 Å². The van der Waals surface area contributed by atoms with Gasteiger partial charge in [0, 0.05) is 15.9 Å². The first-order valence-electron chi connectivity index (χ1n) is 7.28.